The SMILES string of the molecule is CCc1cccc(CC)c1NC(=O)CN(c1ccccc1C(C)C)S(C)(=O)=O. The van der Waals surface area contributed by atoms with E-state index in [0.717, 1.165) is 41.5 Å². The van der Waals surface area contributed by atoms with Crippen LogP contribution >= 0.6 is 0 Å². The van der Waals surface area contributed by atoms with Crippen LogP contribution in [0.15, 0.2) is 42.5 Å². The molecule has 0 fully saturated rings. The fourth-order valence-corrected chi connectivity index (χ4v) is 4.17. The number of anilines is 2. The zero-order chi connectivity index (χ0) is 20.9. The molecule has 0 radical (unpaired) electrons. The highest BCUT2D eigenvalue weighted by molar-refractivity contribution is 7.92. The molecule has 2 rings (SSSR count). The topological polar surface area (TPSA) is 66.5 Å². The van der Waals surface area contributed by atoms with Crippen molar-refractivity contribution in [3.63, 3.8) is 0 Å². The Kier molecular flexibility index (Phi) is 7.24. The van der Waals surface area contributed by atoms with Gasteiger partial charge in [-0.1, -0.05) is 64.1 Å². The van der Waals surface area contributed by atoms with E-state index < -0.39 is 10.0 Å². The Morgan fingerprint density at radius 3 is 2.07 bits per heavy atom. The first-order chi connectivity index (χ1) is 13.2. The molecule has 0 spiro atoms. The molecule has 2 aromatic rings. The Labute approximate surface area is 168 Å². The second-order valence-corrected chi connectivity index (χ2v) is 9.10. The molecule has 0 aliphatic heterocycles. The van der Waals surface area contributed by atoms with Crippen LogP contribution in [0.2, 0.25) is 0 Å². The lowest BCUT2D eigenvalue weighted by molar-refractivity contribution is -0.114. The van der Waals surface area contributed by atoms with Crippen molar-refractivity contribution in [2.75, 3.05) is 22.4 Å². The molecule has 0 unspecified atom stereocenters. The monoisotopic (exact) mass is 402 g/mol. The van der Waals surface area contributed by atoms with Crippen molar-refractivity contribution in [2.24, 2.45) is 0 Å². The van der Waals surface area contributed by atoms with Crippen molar-refractivity contribution in [3.8, 4) is 0 Å². The molecule has 28 heavy (non-hydrogen) atoms. The number of hydrogen-bond acceptors (Lipinski definition) is 3. The third-order valence-electron chi connectivity index (χ3n) is 4.78. The number of amides is 1. The van der Waals surface area contributed by atoms with Crippen LogP contribution in [0.5, 0.6) is 0 Å². The van der Waals surface area contributed by atoms with Crippen molar-refractivity contribution in [3.05, 3.63) is 59.2 Å². The van der Waals surface area contributed by atoms with Crippen LogP contribution in [-0.2, 0) is 27.7 Å². The van der Waals surface area contributed by atoms with Crippen LogP contribution in [0.4, 0.5) is 11.4 Å². The summed E-state index contributed by atoms with van der Waals surface area (Å²) in [6.07, 6.45) is 2.71. The van der Waals surface area contributed by atoms with Gasteiger partial charge in [0.25, 0.3) is 0 Å². The Morgan fingerprint density at radius 2 is 1.57 bits per heavy atom. The van der Waals surface area contributed by atoms with Gasteiger partial charge in [-0.3, -0.25) is 9.10 Å². The second kappa shape index (κ2) is 9.24. The van der Waals surface area contributed by atoms with Crippen molar-refractivity contribution in [1.29, 1.82) is 0 Å². The number of hydrogen-bond donors (Lipinski definition) is 1. The smallest absolute Gasteiger partial charge is 0.245 e. The number of benzene rings is 2. The lowest BCUT2D eigenvalue weighted by atomic mass is 10.0. The molecule has 152 valence electrons. The third kappa shape index (κ3) is 5.13. The Morgan fingerprint density at radius 1 is 1.00 bits per heavy atom. The summed E-state index contributed by atoms with van der Waals surface area (Å²) in [5.74, 6) is -0.212. The molecule has 0 saturated heterocycles. The van der Waals surface area contributed by atoms with Crippen molar-refractivity contribution < 1.29 is 13.2 Å². The molecule has 0 atom stereocenters. The van der Waals surface area contributed by atoms with Crippen LogP contribution in [0.1, 0.15) is 50.3 Å². The van der Waals surface area contributed by atoms with E-state index in [-0.39, 0.29) is 18.4 Å². The van der Waals surface area contributed by atoms with Gasteiger partial charge >= 0.3 is 0 Å². The highest BCUT2D eigenvalue weighted by atomic mass is 32.2. The van der Waals surface area contributed by atoms with E-state index in [0.29, 0.717) is 5.69 Å². The first-order valence-electron chi connectivity index (χ1n) is 9.66. The number of rotatable bonds is 8. The van der Waals surface area contributed by atoms with Crippen LogP contribution < -0.4 is 9.62 Å². The maximum atomic E-state index is 12.8. The molecular weight excluding hydrogens is 372 g/mol. The van der Waals surface area contributed by atoms with Gasteiger partial charge in [-0.05, 0) is 41.5 Å². The second-order valence-electron chi connectivity index (χ2n) is 7.19. The zero-order valence-corrected chi connectivity index (χ0v) is 18.1. The number of aryl methyl sites for hydroxylation is 2. The van der Waals surface area contributed by atoms with Gasteiger partial charge in [-0.15, -0.1) is 0 Å². The number of carbonyl (C=O) groups excluding carboxylic acids is 1. The Balaban J connectivity index is 2.37. The first kappa shape index (κ1) is 22.0. The fourth-order valence-electron chi connectivity index (χ4n) is 3.30. The first-order valence-corrected chi connectivity index (χ1v) is 11.5. The van der Waals surface area contributed by atoms with E-state index in [1.165, 1.54) is 4.31 Å². The quantitative estimate of drug-likeness (QED) is 0.714. The van der Waals surface area contributed by atoms with Gasteiger partial charge < -0.3 is 5.32 Å². The van der Waals surface area contributed by atoms with Gasteiger partial charge in [0.1, 0.15) is 6.54 Å². The van der Waals surface area contributed by atoms with Gasteiger partial charge in [0.15, 0.2) is 0 Å². The van der Waals surface area contributed by atoms with Gasteiger partial charge in [-0.2, -0.15) is 0 Å². The van der Waals surface area contributed by atoms with Gasteiger partial charge in [-0.25, -0.2) is 8.42 Å². The van der Waals surface area contributed by atoms with Crippen LogP contribution in [0, 0.1) is 0 Å². The predicted molar refractivity (Wildman–Crippen MR) is 117 cm³/mol. The molecule has 0 aliphatic carbocycles. The number of para-hydroxylation sites is 2. The summed E-state index contributed by atoms with van der Waals surface area (Å²) in [4.78, 5) is 12.8. The van der Waals surface area contributed by atoms with Gasteiger partial charge in [0, 0.05) is 5.69 Å². The standard InChI is InChI=1S/C22H30N2O3S/c1-6-17-11-10-12-18(7-2)22(17)23-21(25)15-24(28(5,26)27)20-14-9-8-13-19(20)16(3)4/h8-14,16H,6-7,15H2,1-5H3,(H,23,25). The lowest BCUT2D eigenvalue weighted by Crippen LogP contribution is -2.38. The number of carbonyl (C=O) groups is 1. The summed E-state index contributed by atoms with van der Waals surface area (Å²) in [6.45, 7) is 7.82. The van der Waals surface area contributed by atoms with E-state index in [1.54, 1.807) is 12.1 Å². The lowest BCUT2D eigenvalue weighted by Gasteiger charge is -2.26. The molecule has 0 aromatic heterocycles. The minimum Gasteiger partial charge on any atom is -0.324 e. The fraction of sp³-hybridized carbons (Fsp3) is 0.409. The minimum absolute atomic E-state index is 0.135. The van der Waals surface area contributed by atoms with Gasteiger partial charge in [0.2, 0.25) is 15.9 Å². The number of nitrogens with zero attached hydrogens (tertiary/aromatic N) is 1. The number of nitrogens with one attached hydrogen (secondary N) is 1. The maximum absolute atomic E-state index is 12.8. The minimum atomic E-state index is -3.62. The zero-order valence-electron chi connectivity index (χ0n) is 17.3. The summed E-state index contributed by atoms with van der Waals surface area (Å²) in [7, 11) is -3.62. The molecule has 0 saturated carbocycles. The Hall–Kier alpha value is -2.34. The summed E-state index contributed by atoms with van der Waals surface area (Å²) < 4.78 is 26.2. The molecule has 2 aromatic carbocycles. The molecule has 6 heteroatoms. The van der Waals surface area contributed by atoms with Crippen LogP contribution in [0.25, 0.3) is 0 Å². The molecule has 0 bridgehead atoms. The van der Waals surface area contributed by atoms with Crippen molar-refractivity contribution >= 4 is 27.3 Å². The van der Waals surface area contributed by atoms with E-state index in [9.17, 15) is 13.2 Å². The molecule has 0 aliphatic rings. The van der Waals surface area contributed by atoms with E-state index in [1.807, 2.05) is 58.0 Å². The maximum Gasteiger partial charge on any atom is 0.245 e. The van der Waals surface area contributed by atoms with Crippen molar-refractivity contribution in [2.45, 2.75) is 46.5 Å². The summed E-state index contributed by atoms with van der Waals surface area (Å²) in [6, 6.07) is 13.3. The van der Waals surface area contributed by atoms with Crippen LogP contribution in [0.3, 0.4) is 0 Å². The molecule has 5 nitrogen and oxygen atoms in total. The largest absolute Gasteiger partial charge is 0.324 e. The highest BCUT2D eigenvalue weighted by Gasteiger charge is 2.24. The van der Waals surface area contributed by atoms with E-state index in [2.05, 4.69) is 5.32 Å². The summed E-state index contributed by atoms with van der Waals surface area (Å²) in [5.41, 5.74) is 4.32. The average Bonchev–Trinajstić information content (AvgIpc) is 2.65. The highest BCUT2D eigenvalue weighted by Crippen LogP contribution is 2.29. The number of sulfonamides is 1. The normalized spacial score (nSPS) is 11.5. The van der Waals surface area contributed by atoms with Gasteiger partial charge in [0.05, 0.1) is 11.9 Å². The molecule has 1 N–H and O–H groups in total. The summed E-state index contributed by atoms with van der Waals surface area (Å²) in [5, 5.41) is 2.96. The molecular formula is C22H30N2O3S. The Bertz CT molecular complexity index is 914. The molecule has 0 heterocycles. The van der Waals surface area contributed by atoms with E-state index in [4.69, 9.17) is 0 Å². The summed E-state index contributed by atoms with van der Waals surface area (Å²) >= 11 is 0. The van der Waals surface area contributed by atoms with Crippen LogP contribution in [-0.4, -0.2) is 27.1 Å². The van der Waals surface area contributed by atoms with Crippen molar-refractivity contribution in [1.82, 2.24) is 0 Å². The average molecular weight is 403 g/mol. The molecule has 1 amide bonds. The van der Waals surface area contributed by atoms with E-state index >= 15 is 0 Å². The predicted octanol–water partition coefficient (Wildman–Crippen LogP) is 4.34. The third-order valence-corrected chi connectivity index (χ3v) is 5.90.